The van der Waals surface area contributed by atoms with Gasteiger partial charge >= 0.3 is 18.9 Å². The van der Waals surface area contributed by atoms with Crippen molar-refractivity contribution in [3.8, 4) is 11.1 Å². The molecule has 3 rings (SSSR count). The molecule has 3 aromatic carbocycles. The van der Waals surface area contributed by atoms with Gasteiger partial charge in [0.05, 0.1) is 0 Å². The summed E-state index contributed by atoms with van der Waals surface area (Å²) >= 11 is 0. The minimum absolute atomic E-state index is 0. The Labute approximate surface area is 138 Å². The summed E-state index contributed by atoms with van der Waals surface area (Å²) in [6.07, 6.45) is 0. The fourth-order valence-electron chi connectivity index (χ4n) is 2.30. The monoisotopic (exact) mass is 286 g/mol. The molecule has 1 atom stereocenters. The van der Waals surface area contributed by atoms with Crippen LogP contribution in [0.3, 0.4) is 0 Å². The molecule has 0 spiro atoms. The van der Waals surface area contributed by atoms with Gasteiger partial charge in [0.15, 0.2) is 0 Å². The number of benzene rings is 3. The Bertz CT molecular complexity index is 726. The average Bonchev–Trinajstić information content (AvgIpc) is 2.56. The van der Waals surface area contributed by atoms with Crippen molar-refractivity contribution in [1.29, 1.82) is 0 Å². The Kier molecular flexibility index (Phi) is 5.65. The molecular formula is C18H16LiOP. The third-order valence-electron chi connectivity index (χ3n) is 3.29. The van der Waals surface area contributed by atoms with Crippen LogP contribution in [0.25, 0.3) is 11.1 Å². The SMILES string of the molecule is O=[PH](c1ccccc1)c1ccccc1-c1ccccc1.[LiH]. The van der Waals surface area contributed by atoms with E-state index < -0.39 is 7.80 Å². The van der Waals surface area contributed by atoms with E-state index in [1.807, 2.05) is 72.8 Å². The van der Waals surface area contributed by atoms with Crippen LogP contribution in [0.2, 0.25) is 0 Å². The second-order valence-electron chi connectivity index (χ2n) is 4.61. The van der Waals surface area contributed by atoms with Crippen molar-refractivity contribution in [2.45, 2.75) is 0 Å². The van der Waals surface area contributed by atoms with Gasteiger partial charge in [0.2, 0.25) is 0 Å². The summed E-state index contributed by atoms with van der Waals surface area (Å²) in [5.41, 5.74) is 2.17. The van der Waals surface area contributed by atoms with E-state index in [0.29, 0.717) is 0 Å². The van der Waals surface area contributed by atoms with E-state index in [2.05, 4.69) is 12.1 Å². The molecule has 0 bridgehead atoms. The van der Waals surface area contributed by atoms with Crippen molar-refractivity contribution in [3.63, 3.8) is 0 Å². The summed E-state index contributed by atoms with van der Waals surface area (Å²) in [6, 6.07) is 27.7. The summed E-state index contributed by atoms with van der Waals surface area (Å²) in [7, 11) is -1.97. The molecule has 0 fully saturated rings. The molecule has 0 aliphatic rings. The molecule has 0 aliphatic heterocycles. The van der Waals surface area contributed by atoms with E-state index in [1.165, 1.54) is 0 Å². The molecule has 0 heterocycles. The molecule has 0 amide bonds. The van der Waals surface area contributed by atoms with Crippen LogP contribution >= 0.6 is 7.80 Å². The average molecular weight is 286 g/mol. The maximum absolute atomic E-state index is 12.8. The van der Waals surface area contributed by atoms with Gasteiger partial charge in [-0.15, -0.1) is 0 Å². The molecule has 1 unspecified atom stereocenters. The van der Waals surface area contributed by atoms with Crippen LogP contribution < -0.4 is 10.6 Å². The van der Waals surface area contributed by atoms with Gasteiger partial charge in [0, 0.05) is 10.6 Å². The van der Waals surface area contributed by atoms with E-state index in [-0.39, 0.29) is 18.9 Å². The van der Waals surface area contributed by atoms with Gasteiger partial charge in [0.1, 0.15) is 7.80 Å². The first-order chi connectivity index (χ1) is 9.86. The third kappa shape index (κ3) is 3.58. The normalized spacial score (nSPS) is 11.4. The quantitative estimate of drug-likeness (QED) is 0.534. The van der Waals surface area contributed by atoms with Gasteiger partial charge in [-0.3, -0.25) is 0 Å². The van der Waals surface area contributed by atoms with E-state index in [1.54, 1.807) is 0 Å². The first-order valence-electron chi connectivity index (χ1n) is 6.60. The first kappa shape index (κ1) is 15.9. The fraction of sp³-hybridized carbons (Fsp3) is 0. The molecule has 0 aliphatic carbocycles. The summed E-state index contributed by atoms with van der Waals surface area (Å²) < 4.78 is 12.8. The second-order valence-corrected chi connectivity index (χ2v) is 6.38. The molecule has 3 aromatic rings. The van der Waals surface area contributed by atoms with Crippen LogP contribution in [0.4, 0.5) is 0 Å². The van der Waals surface area contributed by atoms with Gasteiger partial charge in [-0.25, -0.2) is 0 Å². The zero-order valence-corrected chi connectivity index (χ0v) is 12.0. The molecule has 1 nitrogen and oxygen atoms in total. The second kappa shape index (κ2) is 7.48. The van der Waals surface area contributed by atoms with E-state index in [4.69, 9.17) is 0 Å². The summed E-state index contributed by atoms with van der Waals surface area (Å²) in [5, 5.41) is 1.83. The van der Waals surface area contributed by atoms with Crippen LogP contribution in [0, 0.1) is 0 Å². The molecule has 0 saturated heterocycles. The van der Waals surface area contributed by atoms with E-state index >= 15 is 0 Å². The molecule has 0 saturated carbocycles. The van der Waals surface area contributed by atoms with Crippen LogP contribution in [-0.2, 0) is 4.57 Å². The van der Waals surface area contributed by atoms with Gasteiger partial charge in [-0.05, 0) is 11.1 Å². The van der Waals surface area contributed by atoms with Crippen molar-refractivity contribution in [2.24, 2.45) is 0 Å². The molecular weight excluding hydrogens is 270 g/mol. The molecule has 100 valence electrons. The van der Waals surface area contributed by atoms with Gasteiger partial charge in [-0.2, -0.15) is 0 Å². The maximum atomic E-state index is 12.8. The molecule has 0 aromatic heterocycles. The van der Waals surface area contributed by atoms with Crippen LogP contribution in [0.15, 0.2) is 84.9 Å². The predicted molar refractivity (Wildman–Crippen MR) is 93.7 cm³/mol. The van der Waals surface area contributed by atoms with Crippen molar-refractivity contribution < 1.29 is 4.57 Å². The van der Waals surface area contributed by atoms with Crippen LogP contribution in [0.5, 0.6) is 0 Å². The molecule has 3 heteroatoms. The third-order valence-corrected chi connectivity index (χ3v) is 5.08. The Balaban J connectivity index is 0.00000161. The molecule has 0 N–H and O–H groups in total. The zero-order chi connectivity index (χ0) is 13.8. The van der Waals surface area contributed by atoms with Crippen molar-refractivity contribution >= 4 is 37.3 Å². The van der Waals surface area contributed by atoms with Crippen molar-refractivity contribution in [1.82, 2.24) is 0 Å². The van der Waals surface area contributed by atoms with E-state index in [9.17, 15) is 4.57 Å². The Morgan fingerprint density at radius 3 is 1.81 bits per heavy atom. The summed E-state index contributed by atoms with van der Waals surface area (Å²) in [6.45, 7) is 0. The fourth-order valence-corrected chi connectivity index (χ4v) is 3.82. The molecule has 21 heavy (non-hydrogen) atoms. The van der Waals surface area contributed by atoms with E-state index in [0.717, 1.165) is 21.7 Å². The first-order valence-corrected chi connectivity index (χ1v) is 8.01. The van der Waals surface area contributed by atoms with Crippen LogP contribution in [-0.4, -0.2) is 18.9 Å². The van der Waals surface area contributed by atoms with Gasteiger partial charge in [0.25, 0.3) is 0 Å². The van der Waals surface area contributed by atoms with Crippen LogP contribution in [0.1, 0.15) is 0 Å². The Hall–Kier alpha value is -1.51. The standard InChI is InChI=1S/C18H15OP.Li.H/c19-20(16-11-5-2-6-12-16)18-14-8-7-13-17(18)15-9-3-1-4-10-15;;/h1-14,20H;;. The topological polar surface area (TPSA) is 17.1 Å². The summed E-state index contributed by atoms with van der Waals surface area (Å²) in [5.74, 6) is 0. The Morgan fingerprint density at radius 1 is 0.619 bits per heavy atom. The van der Waals surface area contributed by atoms with Crippen molar-refractivity contribution in [2.75, 3.05) is 0 Å². The van der Waals surface area contributed by atoms with Gasteiger partial charge in [-0.1, -0.05) is 84.9 Å². The number of rotatable bonds is 3. The number of hydrogen-bond acceptors (Lipinski definition) is 1. The summed E-state index contributed by atoms with van der Waals surface area (Å²) in [4.78, 5) is 0. The number of hydrogen-bond donors (Lipinski definition) is 0. The zero-order valence-electron chi connectivity index (χ0n) is 11.0. The predicted octanol–water partition coefficient (Wildman–Crippen LogP) is 3.22. The Morgan fingerprint density at radius 2 is 1.14 bits per heavy atom. The van der Waals surface area contributed by atoms with Crippen molar-refractivity contribution in [3.05, 3.63) is 84.9 Å². The molecule has 0 radical (unpaired) electrons. The van der Waals surface area contributed by atoms with Gasteiger partial charge < -0.3 is 4.57 Å². The minimum atomic E-state index is -1.97.